The van der Waals surface area contributed by atoms with Crippen molar-refractivity contribution in [2.24, 2.45) is 5.92 Å². The Bertz CT molecular complexity index is 367. The molecule has 1 aromatic rings. The minimum atomic E-state index is -2.85. The van der Waals surface area contributed by atoms with E-state index in [1.165, 1.54) is 12.1 Å². The first kappa shape index (κ1) is 11.6. The normalized spacial score (nSPS) is 15.2. The molecule has 0 atom stereocenters. The third-order valence-electron chi connectivity index (χ3n) is 2.24. The van der Waals surface area contributed by atoms with Crippen molar-refractivity contribution in [3.63, 3.8) is 0 Å². The van der Waals surface area contributed by atoms with Gasteiger partial charge in [0, 0.05) is 6.07 Å². The number of hydrogen-bond acceptors (Lipinski definition) is 2. The Balaban J connectivity index is 2.10. The standard InChI is InChI=1S/C11H10BrF2O2/c12-8-2-1-3-9(16-11(13)14)10(8)15-6-7-4-5-7/h1,3,7,11H,4-6H2. The second-order valence-corrected chi connectivity index (χ2v) is 4.41. The predicted molar refractivity (Wildman–Crippen MR) is 57.8 cm³/mol. The van der Waals surface area contributed by atoms with Crippen LogP contribution in [0.1, 0.15) is 12.8 Å². The Kier molecular flexibility index (Phi) is 3.63. The van der Waals surface area contributed by atoms with Gasteiger partial charge in [0.2, 0.25) is 0 Å². The second kappa shape index (κ2) is 4.99. The van der Waals surface area contributed by atoms with Crippen molar-refractivity contribution < 1.29 is 18.3 Å². The maximum absolute atomic E-state index is 12.1. The van der Waals surface area contributed by atoms with Crippen LogP contribution in [-0.4, -0.2) is 13.2 Å². The summed E-state index contributed by atoms with van der Waals surface area (Å²) < 4.78 is 34.6. The van der Waals surface area contributed by atoms with Crippen LogP contribution in [0.15, 0.2) is 16.6 Å². The van der Waals surface area contributed by atoms with E-state index in [4.69, 9.17) is 4.74 Å². The first-order valence-corrected chi connectivity index (χ1v) is 5.74. The van der Waals surface area contributed by atoms with E-state index in [0.29, 0.717) is 22.7 Å². The van der Waals surface area contributed by atoms with Crippen molar-refractivity contribution in [3.05, 3.63) is 22.7 Å². The van der Waals surface area contributed by atoms with Crippen molar-refractivity contribution >= 4 is 15.9 Å². The minimum absolute atomic E-state index is 0.0428. The van der Waals surface area contributed by atoms with E-state index in [2.05, 4.69) is 26.7 Å². The van der Waals surface area contributed by atoms with E-state index in [1.807, 2.05) is 0 Å². The monoisotopic (exact) mass is 291 g/mol. The fraction of sp³-hybridized carbons (Fsp3) is 0.455. The fourth-order valence-electron chi connectivity index (χ4n) is 1.25. The quantitative estimate of drug-likeness (QED) is 0.825. The lowest BCUT2D eigenvalue weighted by Gasteiger charge is -2.13. The van der Waals surface area contributed by atoms with E-state index >= 15 is 0 Å². The molecule has 0 heterocycles. The van der Waals surface area contributed by atoms with Crippen LogP contribution in [0.2, 0.25) is 0 Å². The number of ether oxygens (including phenoxy) is 2. The molecule has 0 bridgehead atoms. The zero-order valence-corrected chi connectivity index (χ0v) is 9.97. The van der Waals surface area contributed by atoms with Crippen LogP contribution in [-0.2, 0) is 0 Å². The Morgan fingerprint density at radius 1 is 1.50 bits per heavy atom. The molecular formula is C11H10BrF2O2. The van der Waals surface area contributed by atoms with Gasteiger partial charge in [-0.15, -0.1) is 0 Å². The number of hydrogen-bond donors (Lipinski definition) is 0. The summed E-state index contributed by atoms with van der Waals surface area (Å²) in [5, 5.41) is 0. The summed E-state index contributed by atoms with van der Waals surface area (Å²) in [5.74, 6) is 0.891. The van der Waals surface area contributed by atoms with Gasteiger partial charge in [0.05, 0.1) is 11.1 Å². The lowest BCUT2D eigenvalue weighted by molar-refractivity contribution is -0.0516. The lowest BCUT2D eigenvalue weighted by Crippen LogP contribution is -2.06. The van der Waals surface area contributed by atoms with Gasteiger partial charge in [0.15, 0.2) is 11.5 Å². The Labute approximate surface area is 101 Å². The average Bonchev–Trinajstić information content (AvgIpc) is 2.99. The van der Waals surface area contributed by atoms with E-state index in [-0.39, 0.29) is 5.75 Å². The summed E-state index contributed by atoms with van der Waals surface area (Å²) in [6.45, 7) is -2.31. The van der Waals surface area contributed by atoms with Crippen molar-refractivity contribution in [1.29, 1.82) is 0 Å². The molecule has 0 amide bonds. The van der Waals surface area contributed by atoms with Gasteiger partial charge in [0.1, 0.15) is 0 Å². The molecule has 0 saturated heterocycles. The fourth-order valence-corrected chi connectivity index (χ4v) is 1.69. The molecule has 0 spiro atoms. The minimum Gasteiger partial charge on any atom is -0.488 e. The molecule has 2 nitrogen and oxygen atoms in total. The van der Waals surface area contributed by atoms with Gasteiger partial charge in [-0.2, -0.15) is 8.78 Å². The molecule has 0 unspecified atom stereocenters. The molecule has 1 aliphatic carbocycles. The summed E-state index contributed by atoms with van der Waals surface area (Å²) in [6.07, 6.45) is 2.28. The summed E-state index contributed by atoms with van der Waals surface area (Å²) in [4.78, 5) is 0. The van der Waals surface area contributed by atoms with E-state index in [9.17, 15) is 8.78 Å². The molecule has 0 N–H and O–H groups in total. The highest BCUT2D eigenvalue weighted by Gasteiger charge is 2.23. The summed E-state index contributed by atoms with van der Waals surface area (Å²) in [7, 11) is 0. The Hall–Kier alpha value is -0.840. The van der Waals surface area contributed by atoms with Crippen LogP contribution < -0.4 is 9.47 Å². The van der Waals surface area contributed by atoms with Gasteiger partial charge in [0.25, 0.3) is 0 Å². The van der Waals surface area contributed by atoms with Gasteiger partial charge in [-0.3, -0.25) is 0 Å². The van der Waals surface area contributed by atoms with Gasteiger partial charge in [-0.25, -0.2) is 0 Å². The van der Waals surface area contributed by atoms with Gasteiger partial charge < -0.3 is 9.47 Å². The van der Waals surface area contributed by atoms with Gasteiger partial charge in [-0.1, -0.05) is 0 Å². The molecule has 1 fully saturated rings. The topological polar surface area (TPSA) is 18.5 Å². The molecule has 5 heteroatoms. The molecular weight excluding hydrogens is 282 g/mol. The van der Waals surface area contributed by atoms with E-state index in [1.54, 1.807) is 0 Å². The van der Waals surface area contributed by atoms with Crippen molar-refractivity contribution in [1.82, 2.24) is 0 Å². The Morgan fingerprint density at radius 3 is 2.88 bits per heavy atom. The molecule has 1 aliphatic rings. The van der Waals surface area contributed by atoms with E-state index < -0.39 is 6.61 Å². The molecule has 16 heavy (non-hydrogen) atoms. The third kappa shape index (κ3) is 3.07. The van der Waals surface area contributed by atoms with Crippen molar-refractivity contribution in [3.8, 4) is 11.5 Å². The summed E-state index contributed by atoms with van der Waals surface area (Å²) >= 11 is 3.20. The number of rotatable bonds is 5. The molecule has 1 radical (unpaired) electrons. The van der Waals surface area contributed by atoms with Crippen LogP contribution in [0.25, 0.3) is 0 Å². The molecule has 1 saturated carbocycles. The third-order valence-corrected chi connectivity index (χ3v) is 2.83. The summed E-state index contributed by atoms with van der Waals surface area (Å²) in [5.41, 5.74) is 0. The maximum atomic E-state index is 12.1. The zero-order chi connectivity index (χ0) is 11.5. The van der Waals surface area contributed by atoms with Crippen molar-refractivity contribution in [2.75, 3.05) is 6.61 Å². The second-order valence-electron chi connectivity index (χ2n) is 3.62. The van der Waals surface area contributed by atoms with Crippen LogP contribution >= 0.6 is 15.9 Å². The van der Waals surface area contributed by atoms with Crippen LogP contribution in [0.3, 0.4) is 0 Å². The Morgan fingerprint density at radius 2 is 2.25 bits per heavy atom. The number of alkyl halides is 2. The smallest absolute Gasteiger partial charge is 0.387 e. The lowest BCUT2D eigenvalue weighted by atomic mass is 10.3. The van der Waals surface area contributed by atoms with Crippen molar-refractivity contribution in [2.45, 2.75) is 19.5 Å². The van der Waals surface area contributed by atoms with Crippen LogP contribution in [0, 0.1) is 12.0 Å². The number of benzene rings is 1. The molecule has 1 aromatic carbocycles. The van der Waals surface area contributed by atoms with Gasteiger partial charge >= 0.3 is 6.61 Å². The molecule has 2 rings (SSSR count). The summed E-state index contributed by atoms with van der Waals surface area (Å²) in [6, 6.07) is 5.75. The molecule has 87 valence electrons. The SMILES string of the molecule is FC(F)Oc1cc[c]c(Br)c1OCC1CC1. The first-order valence-electron chi connectivity index (χ1n) is 4.94. The van der Waals surface area contributed by atoms with Crippen LogP contribution in [0.5, 0.6) is 11.5 Å². The van der Waals surface area contributed by atoms with Gasteiger partial charge in [-0.05, 0) is 46.8 Å². The number of halogens is 3. The first-order chi connectivity index (χ1) is 7.66. The van der Waals surface area contributed by atoms with Crippen LogP contribution in [0.4, 0.5) is 8.78 Å². The average molecular weight is 292 g/mol. The van der Waals surface area contributed by atoms with E-state index in [0.717, 1.165) is 12.8 Å². The molecule has 0 aromatic heterocycles. The highest BCUT2D eigenvalue weighted by Crippen LogP contribution is 2.38. The maximum Gasteiger partial charge on any atom is 0.387 e. The highest BCUT2D eigenvalue weighted by molar-refractivity contribution is 9.10. The highest BCUT2D eigenvalue weighted by atomic mass is 79.9. The predicted octanol–water partition coefficient (Wildman–Crippen LogP) is 3.64. The largest absolute Gasteiger partial charge is 0.488 e. The zero-order valence-electron chi connectivity index (χ0n) is 8.38. The molecule has 0 aliphatic heterocycles.